The summed E-state index contributed by atoms with van der Waals surface area (Å²) >= 11 is 0. The number of hydrogen-bond donors (Lipinski definition) is 2. The average Bonchev–Trinajstić information content (AvgIpc) is 2.26. The molecule has 1 aliphatic carbocycles. The zero-order valence-corrected chi connectivity index (χ0v) is 9.96. The van der Waals surface area contributed by atoms with Crippen LogP contribution in [0.5, 0.6) is 0 Å². The highest BCUT2D eigenvalue weighted by atomic mass is 16.6. The van der Waals surface area contributed by atoms with Gasteiger partial charge in [-0.05, 0) is 47.0 Å². The van der Waals surface area contributed by atoms with Gasteiger partial charge in [-0.2, -0.15) is 0 Å². The lowest BCUT2D eigenvalue weighted by Gasteiger charge is -2.28. The zero-order chi connectivity index (χ0) is 11.7. The molecule has 1 amide bonds. The van der Waals surface area contributed by atoms with Gasteiger partial charge in [0.25, 0.3) is 0 Å². The maximum Gasteiger partial charge on any atom is 0.407 e. The third-order valence-corrected chi connectivity index (χ3v) is 2.62. The Hall–Kier alpha value is -0.770. The van der Waals surface area contributed by atoms with Crippen LogP contribution in [0.4, 0.5) is 4.79 Å². The first-order chi connectivity index (χ1) is 6.71. The maximum atomic E-state index is 11.5. The van der Waals surface area contributed by atoms with Gasteiger partial charge in [0.2, 0.25) is 0 Å². The van der Waals surface area contributed by atoms with E-state index in [9.17, 15) is 9.90 Å². The summed E-state index contributed by atoms with van der Waals surface area (Å²) in [5.41, 5.74) is -1.29. The molecule has 0 spiro atoms. The van der Waals surface area contributed by atoms with Crippen LogP contribution in [-0.2, 0) is 4.74 Å². The van der Waals surface area contributed by atoms with Gasteiger partial charge in [-0.3, -0.25) is 0 Å². The molecule has 1 rings (SSSR count). The molecule has 0 bridgehead atoms. The molecule has 0 saturated heterocycles. The second-order valence-electron chi connectivity index (χ2n) is 5.45. The van der Waals surface area contributed by atoms with Gasteiger partial charge in [0.15, 0.2) is 0 Å². The fourth-order valence-corrected chi connectivity index (χ4v) is 1.83. The first-order valence-electron chi connectivity index (χ1n) is 5.43. The van der Waals surface area contributed by atoms with E-state index in [4.69, 9.17) is 4.74 Å². The van der Waals surface area contributed by atoms with Crippen LogP contribution in [-0.4, -0.2) is 28.4 Å². The van der Waals surface area contributed by atoms with Crippen LogP contribution in [0.2, 0.25) is 0 Å². The third kappa shape index (κ3) is 3.70. The molecule has 0 aromatic heterocycles. The molecule has 2 N–H and O–H groups in total. The molecule has 15 heavy (non-hydrogen) atoms. The van der Waals surface area contributed by atoms with Crippen molar-refractivity contribution in [2.75, 3.05) is 0 Å². The fourth-order valence-electron chi connectivity index (χ4n) is 1.83. The van der Waals surface area contributed by atoms with Gasteiger partial charge in [0.1, 0.15) is 5.60 Å². The Morgan fingerprint density at radius 1 is 1.53 bits per heavy atom. The van der Waals surface area contributed by atoms with Crippen LogP contribution in [0.25, 0.3) is 0 Å². The summed E-state index contributed by atoms with van der Waals surface area (Å²) in [5, 5.41) is 12.6. The van der Waals surface area contributed by atoms with Crippen molar-refractivity contribution in [2.45, 2.75) is 64.2 Å². The highest BCUT2D eigenvalue weighted by molar-refractivity contribution is 5.68. The number of carbonyl (C=O) groups is 1. The number of ether oxygens (including phenoxy) is 1. The Balaban J connectivity index is 2.45. The normalized spacial score (nSPS) is 31.4. The van der Waals surface area contributed by atoms with Gasteiger partial charge in [-0.25, -0.2) is 4.79 Å². The summed E-state index contributed by atoms with van der Waals surface area (Å²) in [4.78, 5) is 11.5. The molecule has 4 nitrogen and oxygen atoms in total. The smallest absolute Gasteiger partial charge is 0.407 e. The number of nitrogens with one attached hydrogen (secondary N) is 1. The molecule has 1 fully saturated rings. The molecule has 4 heteroatoms. The number of carbonyl (C=O) groups excluding carboxylic acids is 1. The van der Waals surface area contributed by atoms with Gasteiger partial charge < -0.3 is 15.2 Å². The van der Waals surface area contributed by atoms with Crippen LogP contribution in [0.15, 0.2) is 0 Å². The van der Waals surface area contributed by atoms with E-state index in [2.05, 4.69) is 5.32 Å². The Morgan fingerprint density at radius 2 is 2.13 bits per heavy atom. The minimum atomic E-state index is -0.795. The maximum absolute atomic E-state index is 11.5. The summed E-state index contributed by atoms with van der Waals surface area (Å²) in [5.74, 6) is 0. The molecule has 0 unspecified atom stereocenters. The molecule has 0 aromatic rings. The van der Waals surface area contributed by atoms with Crippen molar-refractivity contribution in [3.05, 3.63) is 0 Å². The second-order valence-corrected chi connectivity index (χ2v) is 5.45. The van der Waals surface area contributed by atoms with Crippen molar-refractivity contribution in [2.24, 2.45) is 0 Å². The summed E-state index contributed by atoms with van der Waals surface area (Å²) in [6, 6.07) is -0.188. The molecular weight excluding hydrogens is 194 g/mol. The van der Waals surface area contributed by atoms with E-state index in [-0.39, 0.29) is 6.04 Å². The summed E-state index contributed by atoms with van der Waals surface area (Å²) in [6.07, 6.45) is 2.03. The molecule has 0 aromatic carbocycles. The Kier molecular flexibility index (Phi) is 3.28. The number of alkyl carbamates (subject to hydrolysis) is 1. The van der Waals surface area contributed by atoms with E-state index in [0.717, 1.165) is 19.3 Å². The van der Waals surface area contributed by atoms with Crippen LogP contribution < -0.4 is 5.32 Å². The largest absolute Gasteiger partial charge is 0.444 e. The van der Waals surface area contributed by atoms with Crippen molar-refractivity contribution in [1.29, 1.82) is 0 Å². The summed E-state index contributed by atoms with van der Waals surface area (Å²) in [6.45, 7) is 7.21. The lowest BCUT2D eigenvalue weighted by atomic mass is 10.0. The van der Waals surface area contributed by atoms with E-state index >= 15 is 0 Å². The minimum absolute atomic E-state index is 0.188. The molecule has 1 saturated carbocycles. The predicted octanol–water partition coefficient (Wildman–Crippen LogP) is 1.81. The lowest BCUT2D eigenvalue weighted by Crippen LogP contribution is -2.48. The van der Waals surface area contributed by atoms with E-state index in [1.165, 1.54) is 0 Å². The van der Waals surface area contributed by atoms with E-state index < -0.39 is 17.3 Å². The Labute approximate surface area is 91.0 Å². The standard InChI is InChI=1S/C11H21NO3/c1-10(2,3)15-9(13)12-8-6-5-7-11(8,4)14/h8,14H,5-7H2,1-4H3,(H,12,13)/t8-,11+/m0/s1. The van der Waals surface area contributed by atoms with Crippen LogP contribution >= 0.6 is 0 Å². The monoisotopic (exact) mass is 215 g/mol. The van der Waals surface area contributed by atoms with Gasteiger partial charge in [-0.15, -0.1) is 0 Å². The third-order valence-electron chi connectivity index (χ3n) is 2.62. The SMILES string of the molecule is CC(C)(C)OC(=O)N[C@H]1CCC[C@@]1(C)O. The first-order valence-corrected chi connectivity index (χ1v) is 5.43. The summed E-state index contributed by atoms with van der Waals surface area (Å²) < 4.78 is 5.13. The molecular formula is C11H21NO3. The molecule has 0 radical (unpaired) electrons. The van der Waals surface area contributed by atoms with Crippen molar-refractivity contribution in [3.8, 4) is 0 Å². The molecule has 88 valence electrons. The predicted molar refractivity (Wildman–Crippen MR) is 57.6 cm³/mol. The zero-order valence-electron chi connectivity index (χ0n) is 9.96. The Bertz CT molecular complexity index is 243. The highest BCUT2D eigenvalue weighted by Crippen LogP contribution is 2.29. The molecule has 0 heterocycles. The van der Waals surface area contributed by atoms with Crippen molar-refractivity contribution < 1.29 is 14.6 Å². The lowest BCUT2D eigenvalue weighted by molar-refractivity contribution is 0.0195. The number of rotatable bonds is 1. The van der Waals surface area contributed by atoms with E-state index in [1.807, 2.05) is 20.8 Å². The van der Waals surface area contributed by atoms with Gasteiger partial charge >= 0.3 is 6.09 Å². The average molecular weight is 215 g/mol. The van der Waals surface area contributed by atoms with E-state index in [1.54, 1.807) is 6.92 Å². The molecule has 1 aliphatic rings. The van der Waals surface area contributed by atoms with Crippen molar-refractivity contribution >= 4 is 6.09 Å². The van der Waals surface area contributed by atoms with Gasteiger partial charge in [-0.1, -0.05) is 0 Å². The highest BCUT2D eigenvalue weighted by Gasteiger charge is 2.38. The number of hydrogen-bond acceptors (Lipinski definition) is 3. The summed E-state index contributed by atoms with van der Waals surface area (Å²) in [7, 11) is 0. The minimum Gasteiger partial charge on any atom is -0.444 e. The Morgan fingerprint density at radius 3 is 2.53 bits per heavy atom. The van der Waals surface area contributed by atoms with E-state index in [0.29, 0.717) is 0 Å². The fraction of sp³-hybridized carbons (Fsp3) is 0.909. The number of aliphatic hydroxyl groups is 1. The van der Waals surface area contributed by atoms with Crippen molar-refractivity contribution in [3.63, 3.8) is 0 Å². The topological polar surface area (TPSA) is 58.6 Å². The van der Waals surface area contributed by atoms with Gasteiger partial charge in [0, 0.05) is 0 Å². The van der Waals surface area contributed by atoms with Crippen LogP contribution in [0.1, 0.15) is 47.0 Å². The van der Waals surface area contributed by atoms with Crippen molar-refractivity contribution in [1.82, 2.24) is 5.32 Å². The number of amides is 1. The quantitative estimate of drug-likeness (QED) is 0.701. The molecule has 2 atom stereocenters. The second kappa shape index (κ2) is 4.00. The van der Waals surface area contributed by atoms with Crippen LogP contribution in [0.3, 0.4) is 0 Å². The van der Waals surface area contributed by atoms with Gasteiger partial charge in [0.05, 0.1) is 11.6 Å². The molecule has 0 aliphatic heterocycles. The van der Waals surface area contributed by atoms with Crippen LogP contribution in [0, 0.1) is 0 Å². The first kappa shape index (κ1) is 12.3.